The highest BCUT2D eigenvalue weighted by Gasteiger charge is 2.33. The van der Waals surface area contributed by atoms with Crippen LogP contribution in [0, 0.1) is 0 Å². The van der Waals surface area contributed by atoms with E-state index in [1.54, 1.807) is 11.3 Å². The number of ether oxygens (including phenoxy) is 1. The number of anilines is 1. The van der Waals surface area contributed by atoms with Gasteiger partial charge in [-0.25, -0.2) is 4.98 Å². The van der Waals surface area contributed by atoms with E-state index in [2.05, 4.69) is 23.3 Å². The lowest BCUT2D eigenvalue weighted by Crippen LogP contribution is -2.41. The average Bonchev–Trinajstić information content (AvgIpc) is 3.19. The van der Waals surface area contributed by atoms with Gasteiger partial charge < -0.3 is 15.4 Å². The Labute approximate surface area is 175 Å². The number of amides is 1. The van der Waals surface area contributed by atoms with Crippen LogP contribution in [0.3, 0.4) is 0 Å². The van der Waals surface area contributed by atoms with E-state index in [0.29, 0.717) is 13.2 Å². The number of primary amides is 1. The normalized spacial score (nSPS) is 18.3. The van der Waals surface area contributed by atoms with E-state index >= 15 is 0 Å². The van der Waals surface area contributed by atoms with Crippen LogP contribution in [0.25, 0.3) is 10.6 Å². The average molecular weight is 408 g/mol. The van der Waals surface area contributed by atoms with Crippen LogP contribution in [0.1, 0.15) is 37.4 Å². The lowest BCUT2D eigenvalue weighted by Gasteiger charge is -2.39. The Morgan fingerprint density at radius 1 is 1.24 bits per heavy atom. The molecule has 1 aromatic heterocycles. The van der Waals surface area contributed by atoms with Crippen molar-refractivity contribution < 1.29 is 9.53 Å². The number of thiazole rings is 1. The first kappa shape index (κ1) is 19.5. The second kappa shape index (κ2) is 8.25. The van der Waals surface area contributed by atoms with Gasteiger partial charge in [-0.15, -0.1) is 11.3 Å². The van der Waals surface area contributed by atoms with Gasteiger partial charge in [-0.05, 0) is 56.2 Å². The minimum Gasteiger partial charge on any atom is -0.494 e. The van der Waals surface area contributed by atoms with Gasteiger partial charge in [-0.3, -0.25) is 4.79 Å². The SMILES string of the molecule is CCOc1ccc(-c2nc(CN3c4ccccc4[C@@H](C(N)=O)C[C@H]3C)cs2)cc1. The molecule has 0 unspecified atom stereocenters. The van der Waals surface area contributed by atoms with Gasteiger partial charge in [-0.2, -0.15) is 0 Å². The van der Waals surface area contributed by atoms with Crippen LogP contribution < -0.4 is 15.4 Å². The topological polar surface area (TPSA) is 68.4 Å². The lowest BCUT2D eigenvalue weighted by atomic mass is 9.85. The van der Waals surface area contributed by atoms with E-state index < -0.39 is 0 Å². The van der Waals surface area contributed by atoms with Crippen molar-refractivity contribution in [1.29, 1.82) is 0 Å². The Balaban J connectivity index is 1.56. The van der Waals surface area contributed by atoms with Gasteiger partial charge in [0, 0.05) is 22.7 Å². The molecule has 5 nitrogen and oxygen atoms in total. The fraction of sp³-hybridized carbons (Fsp3) is 0.304. The number of para-hydroxylation sites is 1. The number of hydrogen-bond donors (Lipinski definition) is 1. The third kappa shape index (κ3) is 3.98. The molecule has 0 saturated carbocycles. The van der Waals surface area contributed by atoms with Crippen LogP contribution in [0.4, 0.5) is 5.69 Å². The summed E-state index contributed by atoms with van der Waals surface area (Å²) < 4.78 is 5.52. The van der Waals surface area contributed by atoms with Crippen LogP contribution >= 0.6 is 11.3 Å². The zero-order valence-corrected chi connectivity index (χ0v) is 17.5. The second-order valence-corrected chi connectivity index (χ2v) is 8.19. The summed E-state index contributed by atoms with van der Waals surface area (Å²) in [4.78, 5) is 19.1. The van der Waals surface area contributed by atoms with Gasteiger partial charge in [0.1, 0.15) is 10.8 Å². The van der Waals surface area contributed by atoms with Crippen LogP contribution in [-0.2, 0) is 11.3 Å². The molecular weight excluding hydrogens is 382 g/mol. The molecule has 150 valence electrons. The Bertz CT molecular complexity index is 999. The van der Waals surface area contributed by atoms with Crippen LogP contribution in [0.5, 0.6) is 5.75 Å². The lowest BCUT2D eigenvalue weighted by molar-refractivity contribution is -0.119. The van der Waals surface area contributed by atoms with E-state index in [0.717, 1.165) is 39.7 Å². The van der Waals surface area contributed by atoms with Gasteiger partial charge in [0.25, 0.3) is 0 Å². The number of benzene rings is 2. The molecule has 6 heteroatoms. The Hall–Kier alpha value is -2.86. The summed E-state index contributed by atoms with van der Waals surface area (Å²) in [6.07, 6.45) is 0.724. The molecule has 0 bridgehead atoms. The van der Waals surface area contributed by atoms with Crippen molar-refractivity contribution >= 4 is 22.9 Å². The van der Waals surface area contributed by atoms with Gasteiger partial charge in [0.15, 0.2) is 0 Å². The van der Waals surface area contributed by atoms with Crippen molar-refractivity contribution in [3.05, 3.63) is 65.2 Å². The highest BCUT2D eigenvalue weighted by Crippen LogP contribution is 2.39. The molecule has 1 aliphatic rings. The fourth-order valence-electron chi connectivity index (χ4n) is 3.93. The molecule has 1 aliphatic heterocycles. The Morgan fingerprint density at radius 3 is 2.72 bits per heavy atom. The van der Waals surface area contributed by atoms with Crippen molar-refractivity contribution in [2.45, 2.75) is 38.8 Å². The summed E-state index contributed by atoms with van der Waals surface area (Å²) >= 11 is 1.65. The summed E-state index contributed by atoms with van der Waals surface area (Å²) in [7, 11) is 0. The number of carbonyl (C=O) groups is 1. The number of aromatic nitrogens is 1. The van der Waals surface area contributed by atoms with Crippen molar-refractivity contribution in [1.82, 2.24) is 4.98 Å². The van der Waals surface area contributed by atoms with E-state index in [4.69, 9.17) is 15.5 Å². The smallest absolute Gasteiger partial charge is 0.225 e. The Kier molecular flexibility index (Phi) is 5.53. The van der Waals surface area contributed by atoms with Crippen molar-refractivity contribution in [2.75, 3.05) is 11.5 Å². The monoisotopic (exact) mass is 407 g/mol. The summed E-state index contributed by atoms with van der Waals surface area (Å²) in [6, 6.07) is 16.3. The number of fused-ring (bicyclic) bond motifs is 1. The number of hydrogen-bond acceptors (Lipinski definition) is 5. The van der Waals surface area contributed by atoms with Gasteiger partial charge >= 0.3 is 0 Å². The minimum atomic E-state index is -0.254. The predicted molar refractivity (Wildman–Crippen MR) is 117 cm³/mol. The third-order valence-electron chi connectivity index (χ3n) is 5.37. The predicted octanol–water partition coefficient (Wildman–Crippen LogP) is 4.58. The first-order chi connectivity index (χ1) is 14.1. The highest BCUT2D eigenvalue weighted by atomic mass is 32.1. The molecule has 1 amide bonds. The molecule has 0 spiro atoms. The Morgan fingerprint density at radius 2 is 2.00 bits per heavy atom. The molecular formula is C23H25N3O2S. The first-order valence-electron chi connectivity index (χ1n) is 9.89. The summed E-state index contributed by atoms with van der Waals surface area (Å²) in [5, 5.41) is 3.11. The standard InChI is InChI=1S/C23H25N3O2S/c1-3-28-18-10-8-16(9-11-18)23-25-17(14-29-23)13-26-15(2)12-20(22(24)27)19-6-4-5-7-21(19)26/h4-11,14-15,20H,3,12-13H2,1-2H3,(H2,24,27)/t15-,20+/m1/s1. The number of nitrogens with two attached hydrogens (primary N) is 1. The second-order valence-electron chi connectivity index (χ2n) is 7.33. The molecule has 0 fully saturated rings. The maximum atomic E-state index is 11.9. The fourth-order valence-corrected chi connectivity index (χ4v) is 4.75. The van der Waals surface area contributed by atoms with Gasteiger partial charge in [0.2, 0.25) is 5.91 Å². The molecule has 3 aromatic rings. The molecule has 0 saturated heterocycles. The number of carbonyl (C=O) groups excluding carboxylic acids is 1. The molecule has 2 aromatic carbocycles. The van der Waals surface area contributed by atoms with E-state index in [9.17, 15) is 4.79 Å². The van der Waals surface area contributed by atoms with Crippen LogP contribution in [0.15, 0.2) is 53.9 Å². The van der Waals surface area contributed by atoms with E-state index in [-0.39, 0.29) is 17.9 Å². The third-order valence-corrected chi connectivity index (χ3v) is 6.31. The van der Waals surface area contributed by atoms with Crippen molar-refractivity contribution in [3.8, 4) is 16.3 Å². The molecule has 2 N–H and O–H groups in total. The maximum Gasteiger partial charge on any atom is 0.225 e. The quantitative estimate of drug-likeness (QED) is 0.650. The molecule has 4 rings (SSSR count). The first-order valence-corrected chi connectivity index (χ1v) is 10.8. The largest absolute Gasteiger partial charge is 0.494 e. The molecule has 2 atom stereocenters. The zero-order chi connectivity index (χ0) is 20.4. The molecule has 29 heavy (non-hydrogen) atoms. The van der Waals surface area contributed by atoms with Crippen LogP contribution in [-0.4, -0.2) is 23.5 Å². The zero-order valence-electron chi connectivity index (χ0n) is 16.7. The van der Waals surface area contributed by atoms with Crippen molar-refractivity contribution in [3.63, 3.8) is 0 Å². The maximum absolute atomic E-state index is 11.9. The summed E-state index contributed by atoms with van der Waals surface area (Å²) in [5.41, 5.74) is 9.87. The molecule has 0 aliphatic carbocycles. The molecule has 2 heterocycles. The van der Waals surface area contributed by atoms with Gasteiger partial charge in [-0.1, -0.05) is 18.2 Å². The summed E-state index contributed by atoms with van der Waals surface area (Å²) in [6.45, 7) is 5.49. The summed E-state index contributed by atoms with van der Waals surface area (Å²) in [5.74, 6) is 0.387. The van der Waals surface area contributed by atoms with E-state index in [1.807, 2.05) is 49.4 Å². The van der Waals surface area contributed by atoms with Crippen LogP contribution in [0.2, 0.25) is 0 Å². The molecule has 0 radical (unpaired) electrons. The van der Waals surface area contributed by atoms with E-state index in [1.165, 1.54) is 0 Å². The minimum absolute atomic E-state index is 0.207. The number of rotatable bonds is 6. The number of nitrogens with zero attached hydrogens (tertiary/aromatic N) is 2. The van der Waals surface area contributed by atoms with Crippen molar-refractivity contribution in [2.24, 2.45) is 5.73 Å². The van der Waals surface area contributed by atoms with Gasteiger partial charge in [0.05, 0.1) is 24.8 Å². The highest BCUT2D eigenvalue weighted by molar-refractivity contribution is 7.13.